The van der Waals surface area contributed by atoms with Crippen molar-refractivity contribution in [3.63, 3.8) is 0 Å². The van der Waals surface area contributed by atoms with E-state index in [0.717, 1.165) is 11.1 Å². The van der Waals surface area contributed by atoms with Crippen LogP contribution in [0, 0.1) is 5.41 Å². The summed E-state index contributed by atoms with van der Waals surface area (Å²) >= 11 is 0. The number of hydrogen-bond donors (Lipinski definition) is 3. The van der Waals surface area contributed by atoms with Gasteiger partial charge in [0.15, 0.2) is 0 Å². The van der Waals surface area contributed by atoms with Gasteiger partial charge in [0.05, 0.1) is 30.9 Å². The van der Waals surface area contributed by atoms with E-state index in [0.29, 0.717) is 6.42 Å². The minimum Gasteiger partial charge on any atom is -0.396 e. The number of rotatable bonds is 8. The standard InChI is InChI=1S/C14H16N2O2.C6H14O3/c1-13(2,15-9-17)11-6-5-7-12(8-11)14(3,4)16-10-18;1-2-6(3-7,4-8)5-9/h5-8H,1-4H3;7-9H,2-5H2,1H3. The summed E-state index contributed by atoms with van der Waals surface area (Å²) in [5, 5.41) is 26.0. The highest BCUT2D eigenvalue weighted by Gasteiger charge is 2.25. The van der Waals surface area contributed by atoms with Crippen LogP contribution >= 0.6 is 0 Å². The molecule has 1 rings (SSSR count). The first-order valence-electron chi connectivity index (χ1n) is 8.69. The zero-order chi connectivity index (χ0) is 21.1. The predicted octanol–water partition coefficient (Wildman–Crippen LogP) is 2.19. The van der Waals surface area contributed by atoms with E-state index in [1.54, 1.807) is 12.2 Å². The van der Waals surface area contributed by atoms with Crippen molar-refractivity contribution < 1.29 is 24.9 Å². The van der Waals surface area contributed by atoms with E-state index in [1.807, 2.05) is 58.9 Å². The summed E-state index contributed by atoms with van der Waals surface area (Å²) in [6, 6.07) is 7.51. The van der Waals surface area contributed by atoms with E-state index in [-0.39, 0.29) is 19.8 Å². The Morgan fingerprint density at radius 2 is 1.22 bits per heavy atom. The molecule has 0 amide bonds. The number of aliphatic hydroxyl groups excluding tert-OH is 3. The van der Waals surface area contributed by atoms with E-state index < -0.39 is 16.5 Å². The molecule has 1 aromatic carbocycles. The molecule has 1 aromatic rings. The molecule has 0 aliphatic heterocycles. The van der Waals surface area contributed by atoms with Crippen LogP contribution in [0.25, 0.3) is 0 Å². The number of isocyanates is 2. The van der Waals surface area contributed by atoms with Gasteiger partial charge in [-0.1, -0.05) is 31.2 Å². The smallest absolute Gasteiger partial charge is 0.235 e. The highest BCUT2D eigenvalue weighted by molar-refractivity contribution is 5.41. The van der Waals surface area contributed by atoms with Gasteiger partial charge in [0.1, 0.15) is 0 Å². The third-order valence-corrected chi connectivity index (χ3v) is 4.68. The highest BCUT2D eigenvalue weighted by Crippen LogP contribution is 2.30. The molecule has 7 nitrogen and oxygen atoms in total. The molecule has 0 aliphatic carbocycles. The largest absolute Gasteiger partial charge is 0.396 e. The van der Waals surface area contributed by atoms with Crippen molar-refractivity contribution in [3.05, 3.63) is 35.4 Å². The number of nitrogens with zero attached hydrogens (tertiary/aromatic N) is 2. The molecule has 0 fully saturated rings. The monoisotopic (exact) mass is 378 g/mol. The molecule has 0 saturated carbocycles. The Hall–Kier alpha value is -2.14. The lowest BCUT2D eigenvalue weighted by atomic mass is 9.88. The first-order valence-corrected chi connectivity index (χ1v) is 8.69. The van der Waals surface area contributed by atoms with E-state index in [2.05, 4.69) is 9.98 Å². The van der Waals surface area contributed by atoms with Gasteiger partial charge in [-0.3, -0.25) is 0 Å². The fourth-order valence-electron chi connectivity index (χ4n) is 2.12. The van der Waals surface area contributed by atoms with Crippen molar-refractivity contribution >= 4 is 12.2 Å². The summed E-state index contributed by atoms with van der Waals surface area (Å²) in [7, 11) is 0. The predicted molar refractivity (Wildman–Crippen MR) is 103 cm³/mol. The Labute approximate surface area is 160 Å². The van der Waals surface area contributed by atoms with E-state index in [1.165, 1.54) is 0 Å². The molecular formula is C20H30N2O5. The average Bonchev–Trinajstić information content (AvgIpc) is 2.65. The Balaban J connectivity index is 0.000000636. The van der Waals surface area contributed by atoms with Crippen molar-refractivity contribution in [2.24, 2.45) is 15.4 Å². The minimum atomic E-state index is -0.667. The lowest BCUT2D eigenvalue weighted by Gasteiger charge is -2.24. The molecule has 3 N–H and O–H groups in total. The van der Waals surface area contributed by atoms with Crippen molar-refractivity contribution in [3.8, 4) is 0 Å². The van der Waals surface area contributed by atoms with Crippen LogP contribution in [0.3, 0.4) is 0 Å². The van der Waals surface area contributed by atoms with Crippen LogP contribution in [0.15, 0.2) is 34.3 Å². The minimum absolute atomic E-state index is 0.156. The number of hydrogen-bond acceptors (Lipinski definition) is 7. The SMILES string of the molecule is CC(C)(N=C=O)c1cccc(C(C)(C)N=C=O)c1.CCC(CO)(CO)CO. The zero-order valence-electron chi connectivity index (χ0n) is 16.7. The van der Waals surface area contributed by atoms with Crippen LogP contribution in [-0.4, -0.2) is 47.3 Å². The van der Waals surface area contributed by atoms with Crippen LogP contribution in [0.2, 0.25) is 0 Å². The normalized spacial score (nSPS) is 11.6. The van der Waals surface area contributed by atoms with Crippen molar-refractivity contribution in [2.75, 3.05) is 19.8 Å². The lowest BCUT2D eigenvalue weighted by molar-refractivity contribution is 0.00304. The third-order valence-electron chi connectivity index (χ3n) is 4.68. The van der Waals surface area contributed by atoms with Gasteiger partial charge >= 0.3 is 0 Å². The molecule has 7 heteroatoms. The maximum absolute atomic E-state index is 10.4. The van der Waals surface area contributed by atoms with Crippen LogP contribution in [0.1, 0.15) is 52.2 Å². The molecule has 0 aliphatic rings. The Morgan fingerprint density at radius 3 is 1.44 bits per heavy atom. The molecule has 0 atom stereocenters. The first-order chi connectivity index (χ1) is 12.6. The van der Waals surface area contributed by atoms with Gasteiger partial charge in [0.25, 0.3) is 0 Å². The van der Waals surface area contributed by atoms with E-state index in [4.69, 9.17) is 15.3 Å². The van der Waals surface area contributed by atoms with Gasteiger partial charge in [-0.05, 0) is 45.2 Å². The molecule has 0 radical (unpaired) electrons. The molecule has 0 aromatic heterocycles. The van der Waals surface area contributed by atoms with Crippen LogP contribution in [0.5, 0.6) is 0 Å². The maximum Gasteiger partial charge on any atom is 0.235 e. The fourth-order valence-corrected chi connectivity index (χ4v) is 2.12. The third kappa shape index (κ3) is 7.18. The Kier molecular flexibility index (Phi) is 10.0. The van der Waals surface area contributed by atoms with Gasteiger partial charge in [-0.15, -0.1) is 0 Å². The van der Waals surface area contributed by atoms with Crippen molar-refractivity contribution in [2.45, 2.75) is 52.1 Å². The quantitative estimate of drug-likeness (QED) is 0.473. The molecular weight excluding hydrogens is 348 g/mol. The highest BCUT2D eigenvalue weighted by atomic mass is 16.3. The maximum atomic E-state index is 10.4. The average molecular weight is 378 g/mol. The summed E-state index contributed by atoms with van der Waals surface area (Å²) in [6.07, 6.45) is 3.75. The molecule has 0 saturated heterocycles. The second-order valence-corrected chi connectivity index (χ2v) is 7.43. The van der Waals surface area contributed by atoms with Gasteiger partial charge in [0, 0.05) is 5.41 Å². The summed E-state index contributed by atoms with van der Waals surface area (Å²) in [5.41, 5.74) is -0.202. The number of benzene rings is 1. The van der Waals surface area contributed by atoms with E-state index >= 15 is 0 Å². The van der Waals surface area contributed by atoms with Crippen LogP contribution in [-0.2, 0) is 20.7 Å². The number of carbonyl (C=O) groups excluding carboxylic acids is 2. The second-order valence-electron chi connectivity index (χ2n) is 7.43. The van der Waals surface area contributed by atoms with E-state index in [9.17, 15) is 9.59 Å². The topological polar surface area (TPSA) is 120 Å². The first kappa shape index (κ1) is 24.9. The van der Waals surface area contributed by atoms with Crippen LogP contribution < -0.4 is 0 Å². The molecule has 0 spiro atoms. The number of aliphatic hydroxyl groups is 3. The molecule has 150 valence electrons. The van der Waals surface area contributed by atoms with Crippen LogP contribution in [0.4, 0.5) is 0 Å². The number of aliphatic imine (C=N–C) groups is 2. The summed E-state index contributed by atoms with van der Waals surface area (Å²) in [4.78, 5) is 28.4. The van der Waals surface area contributed by atoms with Gasteiger partial charge in [-0.25, -0.2) is 9.59 Å². The zero-order valence-corrected chi connectivity index (χ0v) is 16.7. The lowest BCUT2D eigenvalue weighted by Crippen LogP contribution is -2.32. The van der Waals surface area contributed by atoms with Gasteiger partial charge in [0.2, 0.25) is 12.2 Å². The van der Waals surface area contributed by atoms with Gasteiger partial charge in [-0.2, -0.15) is 9.98 Å². The molecule has 27 heavy (non-hydrogen) atoms. The van der Waals surface area contributed by atoms with Crippen molar-refractivity contribution in [1.29, 1.82) is 0 Å². The second kappa shape index (κ2) is 10.9. The Morgan fingerprint density at radius 1 is 0.852 bits per heavy atom. The van der Waals surface area contributed by atoms with Gasteiger partial charge < -0.3 is 15.3 Å². The Bertz CT molecular complexity index is 621. The summed E-state index contributed by atoms with van der Waals surface area (Å²) < 4.78 is 0. The molecule has 0 bridgehead atoms. The fraction of sp³-hybridized carbons (Fsp3) is 0.600. The summed E-state index contributed by atoms with van der Waals surface area (Å²) in [5.74, 6) is 0. The molecule has 0 heterocycles. The molecule has 0 unspecified atom stereocenters. The summed E-state index contributed by atoms with van der Waals surface area (Å²) in [6.45, 7) is 8.66. The van der Waals surface area contributed by atoms with Crippen molar-refractivity contribution in [1.82, 2.24) is 0 Å².